The molecule has 0 heterocycles. The van der Waals surface area contributed by atoms with Crippen LogP contribution in [0.15, 0.2) is 0 Å². The molecule has 0 spiro atoms. The van der Waals surface area contributed by atoms with Gasteiger partial charge in [-0.25, -0.2) is 4.79 Å². The van der Waals surface area contributed by atoms with Crippen molar-refractivity contribution in [1.29, 1.82) is 0 Å². The van der Waals surface area contributed by atoms with Crippen molar-refractivity contribution in [2.24, 2.45) is 0 Å². The Morgan fingerprint density at radius 1 is 1.25 bits per heavy atom. The minimum absolute atomic E-state index is 0.478. The van der Waals surface area contributed by atoms with Crippen LogP contribution in [0.4, 0.5) is 0 Å². The molecule has 0 aliphatic heterocycles. The predicted molar refractivity (Wildman–Crippen MR) is 60.3 cm³/mol. The van der Waals surface area contributed by atoms with Crippen molar-refractivity contribution in [3.63, 3.8) is 0 Å². The summed E-state index contributed by atoms with van der Waals surface area (Å²) in [4.78, 5) is 33.0. The smallest absolute Gasteiger partial charge is 0.338 e. The van der Waals surface area contributed by atoms with Crippen LogP contribution in [0.5, 0.6) is 0 Å². The van der Waals surface area contributed by atoms with Gasteiger partial charge in [-0.15, -0.1) is 0 Å². The molecule has 4 atom stereocenters. The lowest BCUT2D eigenvalue weighted by molar-refractivity contribution is -0.200. The molecule has 1 aliphatic carbocycles. The lowest BCUT2D eigenvalue weighted by Gasteiger charge is -2.39. The second-order valence-corrected chi connectivity index (χ2v) is 4.59. The van der Waals surface area contributed by atoms with Gasteiger partial charge in [0.25, 0.3) is 0 Å². The van der Waals surface area contributed by atoms with Crippen LogP contribution in [0.25, 0.3) is 0 Å². The lowest BCUT2D eigenvalue weighted by Crippen LogP contribution is -2.57. The molecule has 0 unspecified atom stereocenters. The maximum Gasteiger partial charge on any atom is 0.338 e. The first-order valence-corrected chi connectivity index (χ1v) is 5.78. The van der Waals surface area contributed by atoms with Crippen molar-refractivity contribution in [3.8, 4) is 0 Å². The SMILES string of the molecule is COC(=O)[C@]1(O)C[C@@H](O)[C@@H](O)[C@H](OC(=O)CC(=O)O)C1. The minimum Gasteiger partial charge on any atom is -0.481 e. The van der Waals surface area contributed by atoms with E-state index in [2.05, 4.69) is 9.47 Å². The van der Waals surface area contributed by atoms with Crippen molar-refractivity contribution in [1.82, 2.24) is 0 Å². The van der Waals surface area contributed by atoms with E-state index in [9.17, 15) is 29.7 Å². The van der Waals surface area contributed by atoms with Crippen LogP contribution in [0, 0.1) is 0 Å². The van der Waals surface area contributed by atoms with Crippen molar-refractivity contribution >= 4 is 17.9 Å². The number of methoxy groups -OCH3 is 1. The lowest BCUT2D eigenvalue weighted by atomic mass is 9.79. The Labute approximate surface area is 113 Å². The first kappa shape index (κ1) is 16.3. The van der Waals surface area contributed by atoms with Gasteiger partial charge in [-0.1, -0.05) is 0 Å². The van der Waals surface area contributed by atoms with Crippen LogP contribution in [0.1, 0.15) is 19.3 Å². The second-order valence-electron chi connectivity index (χ2n) is 4.59. The summed E-state index contributed by atoms with van der Waals surface area (Å²) in [5.74, 6) is -3.62. The highest BCUT2D eigenvalue weighted by Gasteiger charge is 2.51. The first-order valence-electron chi connectivity index (χ1n) is 5.78. The van der Waals surface area contributed by atoms with Crippen molar-refractivity contribution in [2.75, 3.05) is 7.11 Å². The third-order valence-corrected chi connectivity index (χ3v) is 3.00. The van der Waals surface area contributed by atoms with Gasteiger partial charge < -0.3 is 29.9 Å². The van der Waals surface area contributed by atoms with Gasteiger partial charge in [0, 0.05) is 12.8 Å². The zero-order valence-electron chi connectivity index (χ0n) is 10.7. The highest BCUT2D eigenvalue weighted by atomic mass is 16.6. The molecule has 0 saturated heterocycles. The van der Waals surface area contributed by atoms with E-state index in [-0.39, 0.29) is 0 Å². The van der Waals surface area contributed by atoms with Gasteiger partial charge in [0.05, 0.1) is 13.2 Å². The molecule has 0 bridgehead atoms. The molecular formula is C11H16O9. The second kappa shape index (κ2) is 6.16. The Balaban J connectivity index is 2.80. The van der Waals surface area contributed by atoms with E-state index in [4.69, 9.17) is 5.11 Å². The predicted octanol–water partition coefficient (Wildman–Crippen LogP) is -2.21. The summed E-state index contributed by atoms with van der Waals surface area (Å²) in [6, 6.07) is 0. The van der Waals surface area contributed by atoms with Crippen LogP contribution in [0.2, 0.25) is 0 Å². The molecule has 1 saturated carbocycles. The molecule has 20 heavy (non-hydrogen) atoms. The fourth-order valence-corrected chi connectivity index (χ4v) is 2.05. The van der Waals surface area contributed by atoms with Gasteiger partial charge in [-0.3, -0.25) is 9.59 Å². The van der Waals surface area contributed by atoms with E-state index in [0.29, 0.717) is 0 Å². The van der Waals surface area contributed by atoms with E-state index in [1.54, 1.807) is 0 Å². The van der Waals surface area contributed by atoms with E-state index in [1.165, 1.54) is 0 Å². The van der Waals surface area contributed by atoms with Crippen LogP contribution >= 0.6 is 0 Å². The number of hydrogen-bond donors (Lipinski definition) is 4. The van der Waals surface area contributed by atoms with Crippen LogP contribution < -0.4 is 0 Å². The normalized spacial score (nSPS) is 33.3. The quantitative estimate of drug-likeness (QED) is 0.334. The fourth-order valence-electron chi connectivity index (χ4n) is 2.05. The third-order valence-electron chi connectivity index (χ3n) is 3.00. The number of carboxylic acid groups (broad SMARTS) is 1. The molecule has 0 aromatic heterocycles. The Bertz CT molecular complexity index is 407. The molecule has 0 radical (unpaired) electrons. The molecule has 1 aliphatic rings. The highest BCUT2D eigenvalue weighted by molar-refractivity contribution is 5.90. The Hall–Kier alpha value is -1.71. The number of carbonyl (C=O) groups is 3. The van der Waals surface area contributed by atoms with Gasteiger partial charge >= 0.3 is 17.9 Å². The van der Waals surface area contributed by atoms with E-state index >= 15 is 0 Å². The molecule has 0 amide bonds. The number of aliphatic hydroxyl groups is 3. The zero-order chi connectivity index (χ0) is 15.5. The summed E-state index contributed by atoms with van der Waals surface area (Å²) in [7, 11) is 1.03. The molecule has 4 N–H and O–H groups in total. The zero-order valence-corrected chi connectivity index (χ0v) is 10.7. The fraction of sp³-hybridized carbons (Fsp3) is 0.727. The molecule has 1 fully saturated rings. The first-order chi connectivity index (χ1) is 9.19. The van der Waals surface area contributed by atoms with Crippen LogP contribution in [0.3, 0.4) is 0 Å². The molecule has 9 nitrogen and oxygen atoms in total. The van der Waals surface area contributed by atoms with E-state index in [0.717, 1.165) is 7.11 Å². The van der Waals surface area contributed by atoms with Gasteiger partial charge in [0.2, 0.25) is 0 Å². The Kier molecular flexibility index (Phi) is 5.03. The number of carboxylic acids is 1. The highest BCUT2D eigenvalue weighted by Crippen LogP contribution is 2.32. The van der Waals surface area contributed by atoms with E-state index < -0.39 is 61.1 Å². The summed E-state index contributed by atoms with van der Waals surface area (Å²) < 4.78 is 9.06. The molecular weight excluding hydrogens is 276 g/mol. The van der Waals surface area contributed by atoms with Gasteiger partial charge in [0.1, 0.15) is 18.6 Å². The van der Waals surface area contributed by atoms with Crippen molar-refractivity contribution in [2.45, 2.75) is 43.2 Å². The van der Waals surface area contributed by atoms with E-state index in [1.807, 2.05) is 0 Å². The van der Waals surface area contributed by atoms with Gasteiger partial charge in [0.15, 0.2) is 5.60 Å². The summed E-state index contributed by atoms with van der Waals surface area (Å²) in [6.45, 7) is 0. The summed E-state index contributed by atoms with van der Waals surface area (Å²) >= 11 is 0. The number of rotatable bonds is 4. The number of ether oxygens (including phenoxy) is 2. The van der Waals surface area contributed by atoms with Gasteiger partial charge in [-0.05, 0) is 0 Å². The summed E-state index contributed by atoms with van der Waals surface area (Å²) in [5, 5.41) is 37.7. The van der Waals surface area contributed by atoms with Crippen molar-refractivity contribution in [3.05, 3.63) is 0 Å². The van der Waals surface area contributed by atoms with Gasteiger partial charge in [-0.2, -0.15) is 0 Å². The number of aliphatic hydroxyl groups excluding tert-OH is 2. The molecule has 1 rings (SSSR count). The standard InChI is InChI=1S/C11H16O9/c1-19-10(17)11(18)3-5(12)9(16)6(4-11)20-8(15)2-7(13)14/h5-6,9,12,16,18H,2-4H2,1H3,(H,13,14)/t5-,6-,9-,11+/m1/s1. The topological polar surface area (TPSA) is 151 Å². The number of hydrogen-bond acceptors (Lipinski definition) is 8. The maximum absolute atomic E-state index is 11.5. The maximum atomic E-state index is 11.5. The largest absolute Gasteiger partial charge is 0.481 e. The minimum atomic E-state index is -2.11. The van der Waals surface area contributed by atoms with Crippen LogP contribution in [-0.2, 0) is 23.9 Å². The Morgan fingerprint density at radius 3 is 2.35 bits per heavy atom. The number of carbonyl (C=O) groups excluding carboxylic acids is 2. The average molecular weight is 292 g/mol. The monoisotopic (exact) mass is 292 g/mol. The third kappa shape index (κ3) is 3.65. The molecule has 0 aromatic carbocycles. The summed E-state index contributed by atoms with van der Waals surface area (Å²) in [6.07, 6.45) is -6.37. The van der Waals surface area contributed by atoms with Crippen LogP contribution in [-0.4, -0.2) is 69.4 Å². The molecule has 114 valence electrons. The molecule has 0 aromatic rings. The Morgan fingerprint density at radius 2 is 1.85 bits per heavy atom. The number of esters is 2. The van der Waals surface area contributed by atoms with Crippen molar-refractivity contribution < 1.29 is 44.3 Å². The molecule has 9 heteroatoms. The average Bonchev–Trinajstić information content (AvgIpc) is 2.33. The number of aliphatic carboxylic acids is 1. The summed E-state index contributed by atoms with van der Waals surface area (Å²) in [5.41, 5.74) is -2.11.